The number of benzene rings is 2. The van der Waals surface area contributed by atoms with Gasteiger partial charge in [-0.05, 0) is 30.7 Å². The summed E-state index contributed by atoms with van der Waals surface area (Å²) in [6, 6.07) is 6.65. The zero-order valence-electron chi connectivity index (χ0n) is 13.8. The van der Waals surface area contributed by atoms with Gasteiger partial charge in [0.25, 0.3) is 10.1 Å². The van der Waals surface area contributed by atoms with Gasteiger partial charge >= 0.3 is 0 Å². The third kappa shape index (κ3) is 4.58. The number of halogens is 1. The molecule has 0 fully saturated rings. The maximum Gasteiger partial charge on any atom is 0.295 e. The van der Waals surface area contributed by atoms with E-state index < -0.39 is 41.3 Å². The van der Waals surface area contributed by atoms with Crippen LogP contribution in [0.3, 0.4) is 0 Å². The first-order valence-corrected chi connectivity index (χ1v) is 10.6. The predicted octanol–water partition coefficient (Wildman–Crippen LogP) is 2.57. The summed E-state index contributed by atoms with van der Waals surface area (Å²) in [5.41, 5.74) is -0.875. The molecule has 0 unspecified atom stereocenters. The molecule has 2 aromatic rings. The van der Waals surface area contributed by atoms with Gasteiger partial charge in [-0.15, -0.1) is 0 Å². The van der Waals surface area contributed by atoms with Gasteiger partial charge in [0.2, 0.25) is 10.0 Å². The van der Waals surface area contributed by atoms with Crippen molar-refractivity contribution in [1.82, 2.24) is 0 Å². The summed E-state index contributed by atoms with van der Waals surface area (Å²) < 4.78 is 76.2. The SMILES string of the molecule is CCCCOc1ccc(-c2c(S(N)(=O)=O)cccc2S(=O)(=O)O)c(F)c1. The van der Waals surface area contributed by atoms with E-state index in [4.69, 9.17) is 9.88 Å². The molecule has 0 heterocycles. The fourth-order valence-electron chi connectivity index (χ4n) is 2.35. The second kappa shape index (κ2) is 7.70. The first-order valence-electron chi connectivity index (χ1n) is 7.61. The molecule has 10 heteroatoms. The van der Waals surface area contributed by atoms with E-state index in [1.54, 1.807) is 0 Å². The molecule has 0 amide bonds. The van der Waals surface area contributed by atoms with Gasteiger partial charge < -0.3 is 4.74 Å². The lowest BCUT2D eigenvalue weighted by Crippen LogP contribution is -2.15. The minimum Gasteiger partial charge on any atom is -0.493 e. The van der Waals surface area contributed by atoms with Crippen molar-refractivity contribution in [1.29, 1.82) is 0 Å². The van der Waals surface area contributed by atoms with Crippen LogP contribution in [0.5, 0.6) is 5.75 Å². The Labute approximate surface area is 151 Å². The number of unbranched alkanes of at least 4 members (excludes halogenated alkanes) is 1. The van der Waals surface area contributed by atoms with Gasteiger partial charge in [-0.1, -0.05) is 19.4 Å². The number of hydrogen-bond donors (Lipinski definition) is 2. The molecule has 0 radical (unpaired) electrons. The lowest BCUT2D eigenvalue weighted by Gasteiger charge is -2.14. The van der Waals surface area contributed by atoms with Crippen LogP contribution in [0.2, 0.25) is 0 Å². The van der Waals surface area contributed by atoms with Crippen LogP contribution in [0.4, 0.5) is 4.39 Å². The number of primary sulfonamides is 1. The molecule has 0 aliphatic heterocycles. The van der Waals surface area contributed by atoms with E-state index in [-0.39, 0.29) is 11.3 Å². The highest BCUT2D eigenvalue weighted by Crippen LogP contribution is 2.36. The summed E-state index contributed by atoms with van der Waals surface area (Å²) in [5, 5.41) is 5.12. The molecular formula is C16H18FNO6S2. The van der Waals surface area contributed by atoms with E-state index in [2.05, 4.69) is 0 Å². The second-order valence-corrected chi connectivity index (χ2v) is 8.41. The zero-order chi connectivity index (χ0) is 19.5. The quantitative estimate of drug-likeness (QED) is 0.541. The molecule has 0 aliphatic rings. The minimum absolute atomic E-state index is 0.209. The molecule has 0 bridgehead atoms. The molecule has 0 saturated heterocycles. The maximum atomic E-state index is 14.6. The van der Waals surface area contributed by atoms with Crippen molar-refractivity contribution >= 4 is 20.1 Å². The topological polar surface area (TPSA) is 124 Å². The van der Waals surface area contributed by atoms with Crippen LogP contribution in [0.15, 0.2) is 46.2 Å². The van der Waals surface area contributed by atoms with Gasteiger partial charge in [-0.25, -0.2) is 17.9 Å². The highest BCUT2D eigenvalue weighted by Gasteiger charge is 2.26. The fourth-order valence-corrected chi connectivity index (χ4v) is 3.92. The molecule has 2 aromatic carbocycles. The lowest BCUT2D eigenvalue weighted by atomic mass is 10.0. The van der Waals surface area contributed by atoms with E-state index >= 15 is 0 Å². The minimum atomic E-state index is -4.83. The zero-order valence-corrected chi connectivity index (χ0v) is 15.5. The van der Waals surface area contributed by atoms with Gasteiger partial charge in [0.1, 0.15) is 16.5 Å². The molecule has 26 heavy (non-hydrogen) atoms. The fraction of sp³-hybridized carbons (Fsp3) is 0.250. The molecular weight excluding hydrogens is 385 g/mol. The smallest absolute Gasteiger partial charge is 0.295 e. The Morgan fingerprint density at radius 2 is 1.77 bits per heavy atom. The predicted molar refractivity (Wildman–Crippen MR) is 93.4 cm³/mol. The van der Waals surface area contributed by atoms with Crippen LogP contribution >= 0.6 is 0 Å². The Bertz CT molecular complexity index is 969. The van der Waals surface area contributed by atoms with Gasteiger partial charge in [0, 0.05) is 17.2 Å². The van der Waals surface area contributed by atoms with Crippen molar-refractivity contribution in [2.24, 2.45) is 5.14 Å². The average Bonchev–Trinajstić information content (AvgIpc) is 2.53. The second-order valence-electron chi connectivity index (χ2n) is 5.49. The summed E-state index contributed by atoms with van der Waals surface area (Å²) in [6.45, 7) is 2.34. The molecule has 0 aliphatic carbocycles. The van der Waals surface area contributed by atoms with Crippen molar-refractivity contribution in [3.63, 3.8) is 0 Å². The van der Waals surface area contributed by atoms with Crippen molar-refractivity contribution in [2.45, 2.75) is 29.6 Å². The lowest BCUT2D eigenvalue weighted by molar-refractivity contribution is 0.308. The Morgan fingerprint density at radius 1 is 1.12 bits per heavy atom. The number of nitrogens with two attached hydrogens (primary N) is 1. The molecule has 2 rings (SSSR count). The molecule has 0 aromatic heterocycles. The summed E-state index contributed by atoms with van der Waals surface area (Å²) in [7, 11) is -9.21. The number of hydrogen-bond acceptors (Lipinski definition) is 5. The van der Waals surface area contributed by atoms with E-state index in [0.717, 1.165) is 37.1 Å². The number of rotatable bonds is 7. The van der Waals surface area contributed by atoms with Crippen molar-refractivity contribution in [3.05, 3.63) is 42.2 Å². The van der Waals surface area contributed by atoms with Crippen LogP contribution in [0.1, 0.15) is 19.8 Å². The monoisotopic (exact) mass is 403 g/mol. The summed E-state index contributed by atoms with van der Waals surface area (Å²) in [5.74, 6) is -0.707. The molecule has 0 spiro atoms. The van der Waals surface area contributed by atoms with E-state index in [9.17, 15) is 25.8 Å². The summed E-state index contributed by atoms with van der Waals surface area (Å²) >= 11 is 0. The van der Waals surface area contributed by atoms with E-state index in [0.29, 0.717) is 6.61 Å². The molecule has 0 atom stereocenters. The summed E-state index contributed by atoms with van der Waals surface area (Å²) in [6.07, 6.45) is 1.66. The van der Waals surface area contributed by atoms with Crippen molar-refractivity contribution < 1.29 is 30.5 Å². The van der Waals surface area contributed by atoms with Gasteiger partial charge in [-0.3, -0.25) is 4.55 Å². The summed E-state index contributed by atoms with van der Waals surface area (Å²) in [4.78, 5) is -1.38. The Hall–Kier alpha value is -2.01. The number of sulfonamides is 1. The highest BCUT2D eigenvalue weighted by atomic mass is 32.2. The van der Waals surface area contributed by atoms with Crippen LogP contribution in [-0.4, -0.2) is 28.0 Å². The molecule has 7 nitrogen and oxygen atoms in total. The molecule has 3 N–H and O–H groups in total. The van der Waals surface area contributed by atoms with Gasteiger partial charge in [0.05, 0.1) is 11.5 Å². The first-order chi connectivity index (χ1) is 12.1. The maximum absolute atomic E-state index is 14.6. The Balaban J connectivity index is 2.68. The first kappa shape index (κ1) is 20.3. The third-order valence-corrected chi connectivity index (χ3v) is 5.40. The number of ether oxygens (including phenoxy) is 1. The van der Waals surface area contributed by atoms with E-state index in [1.165, 1.54) is 12.1 Å². The average molecular weight is 403 g/mol. The third-order valence-electron chi connectivity index (χ3n) is 3.55. The Kier molecular flexibility index (Phi) is 6.02. The normalized spacial score (nSPS) is 12.2. The van der Waals surface area contributed by atoms with Crippen LogP contribution in [-0.2, 0) is 20.1 Å². The molecule has 0 saturated carbocycles. The van der Waals surface area contributed by atoms with E-state index in [1.807, 2.05) is 6.92 Å². The van der Waals surface area contributed by atoms with Crippen LogP contribution in [0.25, 0.3) is 11.1 Å². The van der Waals surface area contributed by atoms with Crippen LogP contribution < -0.4 is 9.88 Å². The Morgan fingerprint density at radius 3 is 2.31 bits per heavy atom. The van der Waals surface area contributed by atoms with Crippen molar-refractivity contribution in [3.8, 4) is 16.9 Å². The van der Waals surface area contributed by atoms with Gasteiger partial charge in [-0.2, -0.15) is 8.42 Å². The highest BCUT2D eigenvalue weighted by molar-refractivity contribution is 7.89. The van der Waals surface area contributed by atoms with Crippen molar-refractivity contribution in [2.75, 3.05) is 6.61 Å². The standard InChI is InChI=1S/C16H18FNO6S2/c1-2-3-9-24-11-7-8-12(13(17)10-11)16-14(25(18,19)20)5-4-6-15(16)26(21,22)23/h4-8,10H,2-3,9H2,1H3,(H2,18,19,20)(H,21,22,23). The van der Waals surface area contributed by atoms with Gasteiger partial charge in [0.15, 0.2) is 0 Å². The molecule has 142 valence electrons. The van der Waals surface area contributed by atoms with Crippen LogP contribution in [0, 0.1) is 5.82 Å². The largest absolute Gasteiger partial charge is 0.493 e.